The predicted octanol–water partition coefficient (Wildman–Crippen LogP) is 5.64. The first kappa shape index (κ1) is 24.5. The molecule has 1 N–H and O–H groups in total. The Hall–Kier alpha value is -4.24. The van der Waals surface area contributed by atoms with Crippen molar-refractivity contribution in [1.82, 2.24) is 4.98 Å². The smallest absolute Gasteiger partial charge is 0.301 e. The van der Waals surface area contributed by atoms with Gasteiger partial charge in [-0.25, -0.2) is 9.37 Å². The number of amides is 1. The molecule has 1 aromatic heterocycles. The van der Waals surface area contributed by atoms with E-state index < -0.39 is 29.3 Å². The Bertz CT molecular complexity index is 1560. The van der Waals surface area contributed by atoms with Crippen molar-refractivity contribution in [2.75, 3.05) is 19.1 Å². The Kier molecular flexibility index (Phi) is 6.39. The highest BCUT2D eigenvalue weighted by Crippen LogP contribution is 2.47. The molecule has 9 heteroatoms. The third-order valence-electron chi connectivity index (χ3n) is 6.35. The maximum atomic E-state index is 13.6. The second-order valence-electron chi connectivity index (χ2n) is 8.44. The number of benzene rings is 3. The Morgan fingerprint density at radius 1 is 1.05 bits per heavy atom. The van der Waals surface area contributed by atoms with E-state index in [1.54, 1.807) is 18.2 Å². The molecule has 37 heavy (non-hydrogen) atoms. The molecule has 1 amide bonds. The number of ether oxygens (including phenoxy) is 2. The van der Waals surface area contributed by atoms with Gasteiger partial charge in [-0.05, 0) is 66.6 Å². The lowest BCUT2D eigenvalue weighted by Gasteiger charge is -2.25. The van der Waals surface area contributed by atoms with Crippen LogP contribution in [-0.4, -0.2) is 36.0 Å². The number of anilines is 1. The van der Waals surface area contributed by atoms with Crippen LogP contribution in [0.5, 0.6) is 11.5 Å². The molecule has 0 bridgehead atoms. The number of hydrogen-bond acceptors (Lipinski definition) is 7. The maximum Gasteiger partial charge on any atom is 0.301 e. The van der Waals surface area contributed by atoms with Crippen molar-refractivity contribution in [3.8, 4) is 11.5 Å². The van der Waals surface area contributed by atoms with Gasteiger partial charge < -0.3 is 14.6 Å². The quantitative estimate of drug-likeness (QED) is 0.202. The zero-order valence-electron chi connectivity index (χ0n) is 20.3. The monoisotopic (exact) mass is 518 g/mol. The fourth-order valence-corrected chi connectivity index (χ4v) is 5.48. The van der Waals surface area contributed by atoms with Crippen LogP contribution in [0.4, 0.5) is 9.52 Å². The van der Waals surface area contributed by atoms with Crippen LogP contribution in [0.15, 0.2) is 66.2 Å². The van der Waals surface area contributed by atoms with Crippen LogP contribution in [0.25, 0.3) is 16.0 Å². The number of aromatic nitrogens is 1. The van der Waals surface area contributed by atoms with Crippen LogP contribution in [0, 0.1) is 5.82 Å². The van der Waals surface area contributed by atoms with Crippen LogP contribution < -0.4 is 14.4 Å². The number of fused-ring (bicyclic) bond motifs is 1. The SMILES string of the molecule is CCc1ccc2nc(N3C(=O)C(=O)/C(=C(/O)c4ccc(F)cc4)[C@H]3c3cc(OC)ccc3OC)sc2c1. The number of aliphatic hydroxyl groups is 1. The fraction of sp³-hybridized carbons (Fsp3) is 0.179. The number of methoxy groups -OCH3 is 2. The highest BCUT2D eigenvalue weighted by atomic mass is 32.1. The zero-order valence-corrected chi connectivity index (χ0v) is 21.1. The van der Waals surface area contributed by atoms with Gasteiger partial charge in [0.1, 0.15) is 29.1 Å². The number of halogens is 1. The number of carbonyl (C=O) groups is 2. The van der Waals surface area contributed by atoms with E-state index in [2.05, 4.69) is 4.98 Å². The molecule has 0 spiro atoms. The Morgan fingerprint density at radius 3 is 2.49 bits per heavy atom. The Morgan fingerprint density at radius 2 is 1.81 bits per heavy atom. The van der Waals surface area contributed by atoms with Crippen molar-refractivity contribution in [2.45, 2.75) is 19.4 Å². The molecule has 1 fully saturated rings. The van der Waals surface area contributed by atoms with E-state index in [0.29, 0.717) is 27.7 Å². The van der Waals surface area contributed by atoms with Gasteiger partial charge in [-0.2, -0.15) is 0 Å². The number of aliphatic hydroxyl groups excluding tert-OH is 1. The predicted molar refractivity (Wildman–Crippen MR) is 140 cm³/mol. The van der Waals surface area contributed by atoms with Gasteiger partial charge in [0.15, 0.2) is 5.13 Å². The number of nitrogens with zero attached hydrogens (tertiary/aromatic N) is 2. The summed E-state index contributed by atoms with van der Waals surface area (Å²) in [7, 11) is 2.97. The number of Topliss-reactive ketones (excluding diaryl/α,β-unsaturated/α-hetero) is 1. The van der Waals surface area contributed by atoms with Gasteiger partial charge in [0.2, 0.25) is 0 Å². The minimum absolute atomic E-state index is 0.156. The lowest BCUT2D eigenvalue weighted by Crippen LogP contribution is -2.29. The van der Waals surface area contributed by atoms with Crippen LogP contribution in [-0.2, 0) is 16.0 Å². The summed E-state index contributed by atoms with van der Waals surface area (Å²) in [4.78, 5) is 32.9. The van der Waals surface area contributed by atoms with Gasteiger partial charge in [0, 0.05) is 11.1 Å². The molecule has 5 rings (SSSR count). The fourth-order valence-electron chi connectivity index (χ4n) is 4.42. The Labute approximate surface area is 216 Å². The van der Waals surface area contributed by atoms with Crippen LogP contribution >= 0.6 is 11.3 Å². The number of rotatable bonds is 6. The molecule has 1 atom stereocenters. The second-order valence-corrected chi connectivity index (χ2v) is 9.45. The molecular formula is C28H23FN2O5S. The summed E-state index contributed by atoms with van der Waals surface area (Å²) >= 11 is 1.28. The van der Waals surface area contributed by atoms with Crippen molar-refractivity contribution in [3.05, 3.63) is 88.7 Å². The first-order valence-corrected chi connectivity index (χ1v) is 12.4. The molecule has 4 aromatic rings. The van der Waals surface area contributed by atoms with Crippen LogP contribution in [0.3, 0.4) is 0 Å². The van der Waals surface area contributed by atoms with Crippen molar-refractivity contribution >= 4 is 44.1 Å². The van der Waals surface area contributed by atoms with Crippen molar-refractivity contribution in [1.29, 1.82) is 0 Å². The molecule has 188 valence electrons. The van der Waals surface area contributed by atoms with E-state index in [-0.39, 0.29) is 11.1 Å². The lowest BCUT2D eigenvalue weighted by atomic mass is 9.94. The summed E-state index contributed by atoms with van der Waals surface area (Å²) in [5, 5.41) is 11.6. The summed E-state index contributed by atoms with van der Waals surface area (Å²) in [5.74, 6) is -1.79. The van der Waals surface area contributed by atoms with Gasteiger partial charge in [-0.15, -0.1) is 0 Å². The largest absolute Gasteiger partial charge is 0.507 e. The van der Waals surface area contributed by atoms with Gasteiger partial charge >= 0.3 is 5.91 Å². The standard InChI is InChI=1S/C28H23FN2O5S/c1-4-15-5-11-20-22(13-15)37-28(30-20)31-24(19-14-18(35-2)10-12-21(19)36-3)23(26(33)27(31)34)25(32)16-6-8-17(29)9-7-16/h5-14,24,32H,4H2,1-3H3/b25-23+/t24-/m1/s1. The van der Waals surface area contributed by atoms with E-state index in [0.717, 1.165) is 16.7 Å². The van der Waals surface area contributed by atoms with Gasteiger partial charge in [-0.1, -0.05) is 24.3 Å². The molecule has 1 saturated heterocycles. The summed E-state index contributed by atoms with van der Waals surface area (Å²) in [6.07, 6.45) is 0.840. The molecule has 0 aliphatic carbocycles. The van der Waals surface area contributed by atoms with E-state index in [1.165, 1.54) is 54.7 Å². The molecule has 0 saturated carbocycles. The van der Waals surface area contributed by atoms with Crippen molar-refractivity contribution < 1.29 is 28.6 Å². The molecule has 0 radical (unpaired) electrons. The molecule has 1 aliphatic rings. The first-order chi connectivity index (χ1) is 17.9. The molecule has 0 unspecified atom stereocenters. The van der Waals surface area contributed by atoms with Crippen LogP contribution in [0.1, 0.15) is 29.7 Å². The van der Waals surface area contributed by atoms with Gasteiger partial charge in [0.25, 0.3) is 5.78 Å². The highest BCUT2D eigenvalue weighted by molar-refractivity contribution is 7.22. The number of aryl methyl sites for hydroxylation is 1. The normalized spacial score (nSPS) is 17.0. The minimum atomic E-state index is -1.07. The van der Waals surface area contributed by atoms with E-state index in [4.69, 9.17) is 9.47 Å². The second kappa shape index (κ2) is 9.67. The number of ketones is 1. The first-order valence-electron chi connectivity index (χ1n) is 11.5. The third kappa shape index (κ3) is 4.21. The van der Waals surface area contributed by atoms with Gasteiger partial charge in [0.05, 0.1) is 30.0 Å². The van der Waals surface area contributed by atoms with E-state index in [9.17, 15) is 19.1 Å². The molecule has 3 aromatic carbocycles. The topological polar surface area (TPSA) is 89.0 Å². The lowest BCUT2D eigenvalue weighted by molar-refractivity contribution is -0.132. The average molecular weight is 519 g/mol. The van der Waals surface area contributed by atoms with Crippen molar-refractivity contribution in [2.24, 2.45) is 0 Å². The van der Waals surface area contributed by atoms with E-state index >= 15 is 0 Å². The number of carbonyl (C=O) groups excluding carboxylic acids is 2. The average Bonchev–Trinajstić information content (AvgIpc) is 3.45. The summed E-state index contributed by atoms with van der Waals surface area (Å²) in [5.41, 5.74) is 2.28. The number of hydrogen-bond donors (Lipinski definition) is 1. The third-order valence-corrected chi connectivity index (χ3v) is 7.37. The van der Waals surface area contributed by atoms with E-state index in [1.807, 2.05) is 25.1 Å². The summed E-state index contributed by atoms with van der Waals surface area (Å²) in [6.45, 7) is 2.05. The minimum Gasteiger partial charge on any atom is -0.507 e. The Balaban J connectivity index is 1.77. The maximum absolute atomic E-state index is 13.6. The van der Waals surface area contributed by atoms with Crippen molar-refractivity contribution in [3.63, 3.8) is 0 Å². The molecule has 1 aliphatic heterocycles. The highest BCUT2D eigenvalue weighted by Gasteiger charge is 2.49. The zero-order chi connectivity index (χ0) is 26.3. The summed E-state index contributed by atoms with van der Waals surface area (Å²) < 4.78 is 25.4. The number of thiazole rings is 1. The van der Waals surface area contributed by atoms with Crippen LogP contribution in [0.2, 0.25) is 0 Å². The van der Waals surface area contributed by atoms with Gasteiger partial charge in [-0.3, -0.25) is 14.5 Å². The molecule has 2 heterocycles. The molecular weight excluding hydrogens is 495 g/mol. The summed E-state index contributed by atoms with van der Waals surface area (Å²) in [6, 6.07) is 14.8. The molecule has 7 nitrogen and oxygen atoms in total.